The summed E-state index contributed by atoms with van der Waals surface area (Å²) in [5.74, 6) is 0. The highest BCUT2D eigenvalue weighted by atomic mass is 32.1. The molecule has 2 aromatic heterocycles. The van der Waals surface area contributed by atoms with Crippen molar-refractivity contribution in [2.75, 3.05) is 9.80 Å². The van der Waals surface area contributed by atoms with Crippen LogP contribution in [0, 0.1) is 0 Å². The zero-order chi connectivity index (χ0) is 41.0. The largest absolute Gasteiger partial charge is 0.309 e. The Labute approximate surface area is 368 Å². The lowest BCUT2D eigenvalue weighted by Gasteiger charge is -2.31. The highest BCUT2D eigenvalue weighted by Crippen LogP contribution is 2.52. The van der Waals surface area contributed by atoms with E-state index in [0.29, 0.717) is 0 Å². The predicted molar refractivity (Wildman–Crippen MR) is 270 cm³/mol. The third-order valence-electron chi connectivity index (χ3n) is 12.0. The number of benzene rings is 10. The summed E-state index contributed by atoms with van der Waals surface area (Å²) in [6, 6.07) is 84.3. The van der Waals surface area contributed by atoms with Crippen LogP contribution in [-0.2, 0) is 0 Å². The Morgan fingerprint density at radius 2 is 0.726 bits per heavy atom. The first-order chi connectivity index (χ1) is 30.8. The van der Waals surface area contributed by atoms with Crippen LogP contribution in [-0.4, -0.2) is 0 Å². The first-order valence-electron chi connectivity index (χ1n) is 21.0. The van der Waals surface area contributed by atoms with E-state index >= 15 is 0 Å². The Hall–Kier alpha value is -7.50. The van der Waals surface area contributed by atoms with Crippen molar-refractivity contribution >= 4 is 108 Å². The summed E-state index contributed by atoms with van der Waals surface area (Å²) in [5.41, 5.74) is 11.4. The van der Waals surface area contributed by atoms with Crippen LogP contribution in [0.15, 0.2) is 231 Å². The van der Waals surface area contributed by atoms with E-state index in [2.05, 4.69) is 240 Å². The predicted octanol–water partition coefficient (Wildman–Crippen LogP) is 17.8. The molecular weight excluding hydrogens is 789 g/mol. The number of hydrogen-bond acceptors (Lipinski definition) is 4. The van der Waals surface area contributed by atoms with E-state index in [-0.39, 0.29) is 0 Å². The molecule has 0 radical (unpaired) electrons. The molecule has 12 rings (SSSR count). The molecule has 0 saturated heterocycles. The monoisotopic (exact) mass is 826 g/mol. The Morgan fingerprint density at radius 3 is 1.29 bits per heavy atom. The van der Waals surface area contributed by atoms with Gasteiger partial charge in [-0.2, -0.15) is 0 Å². The molecule has 292 valence electrons. The van der Waals surface area contributed by atoms with E-state index in [1.165, 1.54) is 68.0 Å². The molecule has 0 bridgehead atoms. The van der Waals surface area contributed by atoms with Crippen molar-refractivity contribution in [3.05, 3.63) is 231 Å². The van der Waals surface area contributed by atoms with Crippen molar-refractivity contribution in [3.8, 4) is 22.3 Å². The fourth-order valence-corrected chi connectivity index (χ4v) is 11.7. The van der Waals surface area contributed by atoms with E-state index in [1.807, 2.05) is 22.7 Å². The van der Waals surface area contributed by atoms with Crippen LogP contribution in [0.2, 0.25) is 0 Å². The lowest BCUT2D eigenvalue weighted by molar-refractivity contribution is 1.30. The van der Waals surface area contributed by atoms with Gasteiger partial charge in [0.05, 0.1) is 26.5 Å². The molecule has 62 heavy (non-hydrogen) atoms. The van der Waals surface area contributed by atoms with Crippen molar-refractivity contribution in [3.63, 3.8) is 0 Å². The SMILES string of the molecule is c1ccc(-c2ccc(N(c3ccccc3)c3cccc4c3sc3ccccc34)c3cc(N(c4ccccc4)c4cccc5c4sc4ccccc45)cc(-c4ccccc4)c23)cc1. The van der Waals surface area contributed by atoms with Crippen LogP contribution >= 0.6 is 22.7 Å². The van der Waals surface area contributed by atoms with Crippen LogP contribution in [0.5, 0.6) is 0 Å². The van der Waals surface area contributed by atoms with E-state index in [4.69, 9.17) is 0 Å². The minimum Gasteiger partial charge on any atom is -0.309 e. The van der Waals surface area contributed by atoms with Gasteiger partial charge in [0.15, 0.2) is 0 Å². The van der Waals surface area contributed by atoms with Crippen molar-refractivity contribution in [1.29, 1.82) is 0 Å². The molecule has 2 heterocycles. The highest BCUT2D eigenvalue weighted by Gasteiger charge is 2.25. The number of para-hydroxylation sites is 2. The Morgan fingerprint density at radius 1 is 0.274 bits per heavy atom. The van der Waals surface area contributed by atoms with Crippen LogP contribution in [0.1, 0.15) is 0 Å². The third kappa shape index (κ3) is 6.07. The van der Waals surface area contributed by atoms with Gasteiger partial charge < -0.3 is 9.80 Å². The Kier molecular flexibility index (Phi) is 8.91. The van der Waals surface area contributed by atoms with Gasteiger partial charge in [-0.15, -0.1) is 22.7 Å². The average molecular weight is 827 g/mol. The highest BCUT2D eigenvalue weighted by molar-refractivity contribution is 7.26. The maximum atomic E-state index is 2.49. The zero-order valence-electron chi connectivity index (χ0n) is 33.7. The zero-order valence-corrected chi connectivity index (χ0v) is 35.3. The first kappa shape index (κ1) is 36.4. The lowest BCUT2D eigenvalue weighted by Crippen LogP contribution is -2.13. The molecule has 4 heteroatoms. The molecule has 0 saturated carbocycles. The number of hydrogen-bond donors (Lipinski definition) is 0. The summed E-state index contributed by atoms with van der Waals surface area (Å²) >= 11 is 3.73. The van der Waals surface area contributed by atoms with Crippen molar-refractivity contribution in [1.82, 2.24) is 0 Å². The summed E-state index contributed by atoms with van der Waals surface area (Å²) in [6.45, 7) is 0. The van der Waals surface area contributed by atoms with Gasteiger partial charge in [-0.1, -0.05) is 164 Å². The Balaban J connectivity index is 1.23. The fraction of sp³-hybridized carbons (Fsp3) is 0. The molecule has 0 spiro atoms. The molecule has 0 aliphatic carbocycles. The molecule has 0 fully saturated rings. The Bertz CT molecular complexity index is 3580. The number of rotatable bonds is 8. The van der Waals surface area contributed by atoms with Crippen LogP contribution in [0.4, 0.5) is 34.1 Å². The van der Waals surface area contributed by atoms with E-state index in [1.54, 1.807) is 0 Å². The second-order valence-electron chi connectivity index (χ2n) is 15.6. The second-order valence-corrected chi connectivity index (χ2v) is 17.7. The van der Waals surface area contributed by atoms with Gasteiger partial charge in [0, 0.05) is 53.4 Å². The molecule has 0 aliphatic rings. The quantitative estimate of drug-likeness (QED) is 0.151. The summed E-state index contributed by atoms with van der Waals surface area (Å²) in [6.07, 6.45) is 0. The van der Waals surface area contributed by atoms with Gasteiger partial charge in [-0.25, -0.2) is 0 Å². The molecule has 0 amide bonds. The number of nitrogens with zero attached hydrogens (tertiary/aromatic N) is 2. The third-order valence-corrected chi connectivity index (χ3v) is 14.4. The van der Waals surface area contributed by atoms with Crippen LogP contribution in [0.3, 0.4) is 0 Å². The summed E-state index contributed by atoms with van der Waals surface area (Å²) in [5, 5.41) is 7.48. The van der Waals surface area contributed by atoms with Crippen LogP contribution < -0.4 is 9.80 Å². The minimum atomic E-state index is 1.09. The smallest absolute Gasteiger partial charge is 0.0640 e. The second kappa shape index (κ2) is 15.2. The normalized spacial score (nSPS) is 11.5. The lowest BCUT2D eigenvalue weighted by atomic mass is 9.89. The van der Waals surface area contributed by atoms with Gasteiger partial charge in [-0.3, -0.25) is 0 Å². The number of thiophene rings is 2. The molecule has 10 aromatic carbocycles. The molecule has 0 atom stereocenters. The summed E-state index contributed by atoms with van der Waals surface area (Å²) in [7, 11) is 0. The molecule has 12 aromatic rings. The average Bonchev–Trinajstić information content (AvgIpc) is 3.93. The van der Waals surface area contributed by atoms with Crippen molar-refractivity contribution < 1.29 is 0 Å². The van der Waals surface area contributed by atoms with Gasteiger partial charge in [-0.05, 0) is 94.4 Å². The number of fused-ring (bicyclic) bond motifs is 7. The van der Waals surface area contributed by atoms with Crippen LogP contribution in [0.25, 0.3) is 73.4 Å². The maximum absolute atomic E-state index is 2.49. The summed E-state index contributed by atoms with van der Waals surface area (Å²) < 4.78 is 5.10. The van der Waals surface area contributed by atoms with Gasteiger partial charge in [0.2, 0.25) is 0 Å². The number of anilines is 6. The maximum Gasteiger partial charge on any atom is 0.0640 e. The summed E-state index contributed by atoms with van der Waals surface area (Å²) in [4.78, 5) is 4.97. The molecule has 0 N–H and O–H groups in total. The standard InChI is InChI=1S/C58H38N2S2/c1-5-19-39(20-6-1)44-35-36-51(60(42-25-11-4-12-26-42)53-32-18-30-48-46-28-14-16-34-55(46)62-58(48)53)50-38-43(37-49(56(44)50)40-21-7-2-8-22-40)59(41-23-9-3-10-24-41)52-31-17-29-47-45-27-13-15-33-54(45)61-57(47)52/h1-38H. The van der Waals surface area contributed by atoms with Crippen molar-refractivity contribution in [2.45, 2.75) is 0 Å². The first-order valence-corrected chi connectivity index (χ1v) is 22.6. The fourth-order valence-electron chi connectivity index (χ4n) is 9.29. The molecular formula is C58H38N2S2. The topological polar surface area (TPSA) is 6.48 Å². The van der Waals surface area contributed by atoms with Gasteiger partial charge in [0.1, 0.15) is 0 Å². The van der Waals surface area contributed by atoms with Crippen molar-refractivity contribution in [2.24, 2.45) is 0 Å². The molecule has 0 aliphatic heterocycles. The van der Waals surface area contributed by atoms with E-state index in [9.17, 15) is 0 Å². The molecule has 0 unspecified atom stereocenters. The van der Waals surface area contributed by atoms with E-state index in [0.717, 1.165) is 39.5 Å². The molecule has 2 nitrogen and oxygen atoms in total. The minimum absolute atomic E-state index is 1.09. The van der Waals surface area contributed by atoms with Gasteiger partial charge >= 0.3 is 0 Å². The van der Waals surface area contributed by atoms with E-state index < -0.39 is 0 Å². The van der Waals surface area contributed by atoms with Gasteiger partial charge in [0.25, 0.3) is 0 Å².